The van der Waals surface area contributed by atoms with Crippen LogP contribution in [0.3, 0.4) is 0 Å². The second kappa shape index (κ2) is 6.12. The Labute approximate surface area is 128 Å². The Hall–Kier alpha value is -2.10. The van der Waals surface area contributed by atoms with Crippen molar-refractivity contribution in [2.24, 2.45) is 5.73 Å². The smallest absolute Gasteiger partial charge is 0.138 e. The molecule has 0 fully saturated rings. The third kappa shape index (κ3) is 3.15. The molecule has 0 aliphatic carbocycles. The van der Waals surface area contributed by atoms with Crippen LogP contribution in [0.5, 0.6) is 5.75 Å². The molecule has 2 aromatic carbocycles. The number of aromatic nitrogens is 1. The van der Waals surface area contributed by atoms with Gasteiger partial charge in [0.2, 0.25) is 0 Å². The number of rotatable bonds is 4. The molecule has 0 unspecified atom stereocenters. The highest BCUT2D eigenvalue weighted by molar-refractivity contribution is 6.32. The van der Waals surface area contributed by atoms with Crippen LogP contribution in [0.15, 0.2) is 54.6 Å². The van der Waals surface area contributed by atoms with Gasteiger partial charge in [-0.1, -0.05) is 41.9 Å². The number of nitrogens with zero attached hydrogens (tertiary/aromatic N) is 1. The average Bonchev–Trinajstić information content (AvgIpc) is 2.53. The summed E-state index contributed by atoms with van der Waals surface area (Å²) in [5, 5.41) is 1.69. The van der Waals surface area contributed by atoms with E-state index in [2.05, 4.69) is 4.98 Å². The number of hydrogen-bond donors (Lipinski definition) is 1. The van der Waals surface area contributed by atoms with Gasteiger partial charge in [0.25, 0.3) is 0 Å². The van der Waals surface area contributed by atoms with Gasteiger partial charge in [-0.25, -0.2) is 4.98 Å². The van der Waals surface area contributed by atoms with Gasteiger partial charge in [0.05, 0.1) is 16.2 Å². The largest absolute Gasteiger partial charge is 0.486 e. The minimum Gasteiger partial charge on any atom is -0.486 e. The molecule has 4 heteroatoms. The van der Waals surface area contributed by atoms with Gasteiger partial charge in [0.1, 0.15) is 12.4 Å². The molecule has 0 aliphatic heterocycles. The summed E-state index contributed by atoms with van der Waals surface area (Å²) in [5.41, 5.74) is 8.39. The topological polar surface area (TPSA) is 48.1 Å². The lowest BCUT2D eigenvalue weighted by atomic mass is 10.2. The van der Waals surface area contributed by atoms with Crippen molar-refractivity contribution < 1.29 is 4.74 Å². The third-order valence-electron chi connectivity index (χ3n) is 3.26. The van der Waals surface area contributed by atoms with E-state index in [0.717, 1.165) is 22.2 Å². The van der Waals surface area contributed by atoms with E-state index < -0.39 is 0 Å². The van der Waals surface area contributed by atoms with E-state index in [9.17, 15) is 0 Å². The lowest BCUT2D eigenvalue weighted by Gasteiger charge is -2.09. The summed E-state index contributed by atoms with van der Waals surface area (Å²) in [7, 11) is 0. The van der Waals surface area contributed by atoms with E-state index in [1.807, 2.05) is 54.6 Å². The Morgan fingerprint density at radius 3 is 2.71 bits per heavy atom. The monoisotopic (exact) mass is 298 g/mol. The Bertz CT molecular complexity index is 774. The van der Waals surface area contributed by atoms with Gasteiger partial charge in [-0.15, -0.1) is 0 Å². The number of halogens is 1. The fraction of sp³-hybridized carbons (Fsp3) is 0.118. The van der Waals surface area contributed by atoms with Crippen LogP contribution in [-0.4, -0.2) is 4.98 Å². The number of fused-ring (bicyclic) bond motifs is 1. The average molecular weight is 299 g/mol. The van der Waals surface area contributed by atoms with Gasteiger partial charge in [0.15, 0.2) is 0 Å². The molecule has 21 heavy (non-hydrogen) atoms. The highest BCUT2D eigenvalue weighted by Gasteiger charge is 2.04. The first-order valence-corrected chi connectivity index (χ1v) is 7.10. The number of benzene rings is 2. The van der Waals surface area contributed by atoms with Crippen LogP contribution < -0.4 is 10.5 Å². The maximum Gasteiger partial charge on any atom is 0.138 e. The molecule has 2 N–H and O–H groups in total. The normalized spacial score (nSPS) is 10.8. The van der Waals surface area contributed by atoms with E-state index in [-0.39, 0.29) is 0 Å². The van der Waals surface area contributed by atoms with Gasteiger partial charge in [-0.05, 0) is 29.8 Å². The lowest BCUT2D eigenvalue weighted by Crippen LogP contribution is -2.00. The van der Waals surface area contributed by atoms with Gasteiger partial charge < -0.3 is 10.5 Å². The molecule has 0 amide bonds. The van der Waals surface area contributed by atoms with Crippen LogP contribution in [0.1, 0.15) is 11.3 Å². The molecule has 106 valence electrons. The summed E-state index contributed by atoms with van der Waals surface area (Å²) in [6.07, 6.45) is 0. The summed E-state index contributed by atoms with van der Waals surface area (Å²) in [4.78, 5) is 4.57. The quantitative estimate of drug-likeness (QED) is 0.794. The summed E-state index contributed by atoms with van der Waals surface area (Å²) < 4.78 is 5.74. The van der Waals surface area contributed by atoms with Gasteiger partial charge in [-0.3, -0.25) is 0 Å². The van der Waals surface area contributed by atoms with Crippen molar-refractivity contribution in [1.29, 1.82) is 0 Å². The molecular weight excluding hydrogens is 284 g/mol. The molecule has 0 spiro atoms. The van der Waals surface area contributed by atoms with Gasteiger partial charge in [-0.2, -0.15) is 0 Å². The fourth-order valence-electron chi connectivity index (χ4n) is 2.13. The summed E-state index contributed by atoms with van der Waals surface area (Å²) >= 11 is 6.17. The van der Waals surface area contributed by atoms with Crippen molar-refractivity contribution in [3.8, 4) is 5.75 Å². The number of ether oxygens (including phenoxy) is 1. The maximum absolute atomic E-state index is 6.17. The third-order valence-corrected chi connectivity index (χ3v) is 3.56. The first-order valence-electron chi connectivity index (χ1n) is 6.72. The molecule has 0 aliphatic rings. The number of nitrogens with two attached hydrogens (primary N) is 1. The predicted octanol–water partition coefficient (Wildman–Crippen LogP) is 3.93. The minimum atomic E-state index is 0.381. The predicted molar refractivity (Wildman–Crippen MR) is 85.4 cm³/mol. The summed E-state index contributed by atoms with van der Waals surface area (Å²) in [6.45, 7) is 0.846. The van der Waals surface area contributed by atoms with E-state index >= 15 is 0 Å². The molecule has 3 aromatic rings. The molecule has 0 saturated heterocycles. The second-order valence-corrected chi connectivity index (χ2v) is 5.16. The highest BCUT2D eigenvalue weighted by Crippen LogP contribution is 2.26. The van der Waals surface area contributed by atoms with Crippen molar-refractivity contribution in [3.05, 3.63) is 70.9 Å². The number of hydrogen-bond acceptors (Lipinski definition) is 3. The summed E-state index contributed by atoms with van der Waals surface area (Å²) in [6, 6.07) is 17.6. The Kier molecular flexibility index (Phi) is 4.04. The Morgan fingerprint density at radius 1 is 1.05 bits per heavy atom. The molecule has 0 atom stereocenters. The van der Waals surface area contributed by atoms with E-state index in [4.69, 9.17) is 22.1 Å². The number of pyridine rings is 1. The molecular formula is C17H15ClN2O. The molecule has 1 aromatic heterocycles. The Balaban J connectivity index is 1.77. The molecule has 0 saturated carbocycles. The van der Waals surface area contributed by atoms with Crippen molar-refractivity contribution in [2.75, 3.05) is 0 Å². The standard InChI is InChI=1S/C17H15ClN2O/c18-15-9-12(10-19)5-8-17(15)21-11-14-7-6-13-3-1-2-4-16(13)20-14/h1-9H,10-11,19H2. The minimum absolute atomic E-state index is 0.381. The van der Waals surface area contributed by atoms with Crippen LogP contribution in [0.25, 0.3) is 10.9 Å². The van der Waals surface area contributed by atoms with Crippen LogP contribution in [0.4, 0.5) is 0 Å². The molecule has 1 heterocycles. The van der Waals surface area contributed by atoms with Crippen LogP contribution in [-0.2, 0) is 13.2 Å². The van der Waals surface area contributed by atoms with Crippen molar-refractivity contribution in [3.63, 3.8) is 0 Å². The molecule has 0 bridgehead atoms. The first kappa shape index (κ1) is 13.9. The van der Waals surface area contributed by atoms with Gasteiger partial charge >= 0.3 is 0 Å². The Morgan fingerprint density at radius 2 is 1.90 bits per heavy atom. The zero-order valence-corrected chi connectivity index (χ0v) is 12.2. The van der Waals surface area contributed by atoms with Gasteiger partial charge in [0, 0.05) is 11.9 Å². The van der Waals surface area contributed by atoms with Crippen LogP contribution >= 0.6 is 11.6 Å². The number of para-hydroxylation sites is 1. The molecule has 3 rings (SSSR count). The van der Waals surface area contributed by atoms with Crippen molar-refractivity contribution >= 4 is 22.5 Å². The van der Waals surface area contributed by atoms with Crippen LogP contribution in [0, 0.1) is 0 Å². The van der Waals surface area contributed by atoms with Crippen LogP contribution in [0.2, 0.25) is 5.02 Å². The molecule has 0 radical (unpaired) electrons. The lowest BCUT2D eigenvalue weighted by molar-refractivity contribution is 0.302. The maximum atomic E-state index is 6.17. The van der Waals surface area contributed by atoms with E-state index in [1.165, 1.54) is 0 Å². The first-order chi connectivity index (χ1) is 10.3. The van der Waals surface area contributed by atoms with E-state index in [1.54, 1.807) is 0 Å². The van der Waals surface area contributed by atoms with Crippen molar-refractivity contribution in [1.82, 2.24) is 4.98 Å². The van der Waals surface area contributed by atoms with Crippen molar-refractivity contribution in [2.45, 2.75) is 13.2 Å². The van der Waals surface area contributed by atoms with E-state index in [0.29, 0.717) is 23.9 Å². The fourth-order valence-corrected chi connectivity index (χ4v) is 2.39. The second-order valence-electron chi connectivity index (χ2n) is 4.75. The summed E-state index contributed by atoms with van der Waals surface area (Å²) in [5.74, 6) is 0.642. The zero-order chi connectivity index (χ0) is 14.7. The molecule has 3 nitrogen and oxygen atoms in total. The zero-order valence-electron chi connectivity index (χ0n) is 11.4. The SMILES string of the molecule is NCc1ccc(OCc2ccc3ccccc3n2)c(Cl)c1. The highest BCUT2D eigenvalue weighted by atomic mass is 35.5.